The van der Waals surface area contributed by atoms with Crippen molar-refractivity contribution in [1.29, 1.82) is 0 Å². The molecule has 0 spiro atoms. The van der Waals surface area contributed by atoms with Gasteiger partial charge in [-0.3, -0.25) is 9.59 Å². The number of hydrogen-bond acceptors (Lipinski definition) is 3. The van der Waals surface area contributed by atoms with Gasteiger partial charge in [0.2, 0.25) is 5.91 Å². The average molecular weight is 434 g/mol. The summed E-state index contributed by atoms with van der Waals surface area (Å²) in [6, 6.07) is 14.4. The summed E-state index contributed by atoms with van der Waals surface area (Å²) in [5, 5.41) is 3.29. The van der Waals surface area contributed by atoms with Crippen molar-refractivity contribution in [2.75, 3.05) is 5.32 Å². The average Bonchev–Trinajstić information content (AvgIpc) is 2.97. The van der Waals surface area contributed by atoms with Gasteiger partial charge in [-0.05, 0) is 58.7 Å². The molecule has 0 saturated carbocycles. The molecule has 6 heteroatoms. The molecule has 1 unspecified atom stereocenters. The summed E-state index contributed by atoms with van der Waals surface area (Å²) in [4.78, 5) is 29.8. The number of nitrogens with one attached hydrogen (secondary N) is 1. The Bertz CT molecular complexity index is 1200. The predicted octanol–water partition coefficient (Wildman–Crippen LogP) is 5.54. The minimum absolute atomic E-state index is 0.0367. The van der Waals surface area contributed by atoms with E-state index < -0.39 is 11.8 Å². The molecule has 0 fully saturated rings. The van der Waals surface area contributed by atoms with Crippen molar-refractivity contribution in [2.24, 2.45) is 5.73 Å². The number of fused-ring (bicyclic) bond motifs is 1. The molecule has 1 heterocycles. The van der Waals surface area contributed by atoms with Crippen molar-refractivity contribution in [3.05, 3.63) is 82.1 Å². The van der Waals surface area contributed by atoms with Crippen LogP contribution < -0.4 is 11.1 Å². The molecule has 31 heavy (non-hydrogen) atoms. The van der Waals surface area contributed by atoms with E-state index in [9.17, 15) is 9.59 Å². The summed E-state index contributed by atoms with van der Waals surface area (Å²) in [6.07, 6.45) is 2.57. The highest BCUT2D eigenvalue weighted by Crippen LogP contribution is 2.48. The highest BCUT2D eigenvalue weighted by molar-refractivity contribution is 6.32. The first kappa shape index (κ1) is 21.1. The fourth-order valence-corrected chi connectivity index (χ4v) is 4.99. The van der Waals surface area contributed by atoms with Crippen molar-refractivity contribution in [3.63, 3.8) is 0 Å². The molecule has 0 radical (unpaired) electrons. The van der Waals surface area contributed by atoms with E-state index in [2.05, 4.69) is 37.1 Å². The number of carbonyl (C=O) groups is 2. The number of pyridine rings is 1. The highest BCUT2D eigenvalue weighted by Gasteiger charge is 2.36. The van der Waals surface area contributed by atoms with Crippen LogP contribution in [0, 0.1) is 0 Å². The number of carbonyl (C=O) groups excluding carboxylic acids is 2. The van der Waals surface area contributed by atoms with Crippen LogP contribution in [0.2, 0.25) is 5.15 Å². The number of nitrogens with two attached hydrogens (primary N) is 1. The molecule has 1 atom stereocenters. The molecule has 5 nitrogen and oxygen atoms in total. The van der Waals surface area contributed by atoms with Gasteiger partial charge >= 0.3 is 0 Å². The van der Waals surface area contributed by atoms with Gasteiger partial charge in [-0.25, -0.2) is 4.98 Å². The molecule has 1 aliphatic carbocycles. The zero-order valence-corrected chi connectivity index (χ0v) is 18.5. The van der Waals surface area contributed by atoms with Crippen LogP contribution in [-0.2, 0) is 5.41 Å². The summed E-state index contributed by atoms with van der Waals surface area (Å²) in [5.41, 5.74) is 10.2. The molecule has 0 aliphatic heterocycles. The minimum atomic E-state index is -0.681. The molecular formula is C25H24ClN3O2. The van der Waals surface area contributed by atoms with Crippen LogP contribution in [0.3, 0.4) is 0 Å². The number of nitrogens with zero attached hydrogens (tertiary/aromatic N) is 1. The van der Waals surface area contributed by atoms with Crippen molar-refractivity contribution < 1.29 is 9.59 Å². The van der Waals surface area contributed by atoms with E-state index in [4.69, 9.17) is 17.3 Å². The number of halogens is 1. The summed E-state index contributed by atoms with van der Waals surface area (Å²) in [5.74, 6) is -0.783. The third-order valence-corrected chi connectivity index (χ3v) is 6.30. The maximum atomic E-state index is 13.5. The number of aromatic nitrogens is 1. The van der Waals surface area contributed by atoms with Crippen molar-refractivity contribution in [2.45, 2.75) is 38.5 Å². The summed E-state index contributed by atoms with van der Waals surface area (Å²) in [7, 11) is 0. The van der Waals surface area contributed by atoms with E-state index in [1.54, 1.807) is 36.5 Å². The molecule has 3 N–H and O–H groups in total. The zero-order valence-electron chi connectivity index (χ0n) is 17.7. The molecule has 2 aromatic carbocycles. The van der Waals surface area contributed by atoms with E-state index in [0.29, 0.717) is 17.0 Å². The van der Waals surface area contributed by atoms with Crippen LogP contribution >= 0.6 is 11.6 Å². The number of primary amides is 1. The number of benzene rings is 2. The minimum Gasteiger partial charge on any atom is -0.366 e. The SMILES string of the molecule is CC1CC(C)(C)c2cccc(NC(=O)c3c(C(N)=O)cccc3-c3cccnc3Cl)c21. The smallest absolute Gasteiger partial charge is 0.257 e. The first-order valence-electron chi connectivity index (χ1n) is 10.2. The van der Waals surface area contributed by atoms with E-state index in [-0.39, 0.29) is 21.7 Å². The van der Waals surface area contributed by atoms with Gasteiger partial charge in [0.25, 0.3) is 5.91 Å². The molecule has 4 rings (SSSR count). The lowest BCUT2D eigenvalue weighted by molar-refractivity contribution is 0.0977. The van der Waals surface area contributed by atoms with Crippen LogP contribution in [0.25, 0.3) is 11.1 Å². The Morgan fingerprint density at radius 1 is 1.10 bits per heavy atom. The Morgan fingerprint density at radius 3 is 2.52 bits per heavy atom. The lowest BCUT2D eigenvalue weighted by Crippen LogP contribution is -2.22. The molecular weight excluding hydrogens is 410 g/mol. The number of amides is 2. The Hall–Kier alpha value is -3.18. The van der Waals surface area contributed by atoms with Gasteiger partial charge in [0.05, 0.1) is 11.1 Å². The molecule has 1 aromatic heterocycles. The fraction of sp³-hybridized carbons (Fsp3) is 0.240. The van der Waals surface area contributed by atoms with Crippen LogP contribution in [0.1, 0.15) is 65.0 Å². The summed E-state index contributed by atoms with van der Waals surface area (Å²) < 4.78 is 0. The van der Waals surface area contributed by atoms with Gasteiger partial charge in [0.15, 0.2) is 0 Å². The van der Waals surface area contributed by atoms with E-state index in [0.717, 1.165) is 17.7 Å². The van der Waals surface area contributed by atoms with Gasteiger partial charge in [0, 0.05) is 17.4 Å². The van der Waals surface area contributed by atoms with E-state index in [1.165, 1.54) is 5.56 Å². The normalized spacial score (nSPS) is 16.6. The predicted molar refractivity (Wildman–Crippen MR) is 124 cm³/mol. The molecule has 2 amide bonds. The second-order valence-corrected chi connectivity index (χ2v) is 9.00. The van der Waals surface area contributed by atoms with Crippen molar-refractivity contribution in [1.82, 2.24) is 4.98 Å². The van der Waals surface area contributed by atoms with Crippen molar-refractivity contribution in [3.8, 4) is 11.1 Å². The van der Waals surface area contributed by atoms with Crippen LogP contribution in [-0.4, -0.2) is 16.8 Å². The Kier molecular flexibility index (Phi) is 5.31. The number of hydrogen-bond donors (Lipinski definition) is 2. The van der Waals surface area contributed by atoms with Gasteiger partial charge in [0.1, 0.15) is 5.15 Å². The quantitative estimate of drug-likeness (QED) is 0.530. The molecule has 158 valence electrons. The van der Waals surface area contributed by atoms with Crippen LogP contribution in [0.15, 0.2) is 54.7 Å². The third-order valence-electron chi connectivity index (χ3n) is 6.00. The first-order chi connectivity index (χ1) is 14.7. The summed E-state index contributed by atoms with van der Waals surface area (Å²) in [6.45, 7) is 6.60. The Morgan fingerprint density at radius 2 is 1.81 bits per heavy atom. The standard InChI is InChI=1S/C25H24ClN3O2/c1-14-13-25(2,3)18-10-5-11-19(20(14)18)29-24(31)21-15(7-4-8-17(21)23(27)30)16-9-6-12-28-22(16)26/h4-12,14H,13H2,1-3H3,(H2,27,30)(H,29,31). The van der Waals surface area contributed by atoms with Gasteiger partial charge in [-0.2, -0.15) is 0 Å². The topological polar surface area (TPSA) is 85.1 Å². The Balaban J connectivity index is 1.83. The van der Waals surface area contributed by atoms with Crippen LogP contribution in [0.5, 0.6) is 0 Å². The Labute approximate surface area is 186 Å². The second-order valence-electron chi connectivity index (χ2n) is 8.64. The monoisotopic (exact) mass is 433 g/mol. The summed E-state index contributed by atoms with van der Waals surface area (Å²) >= 11 is 6.30. The fourth-order valence-electron chi connectivity index (χ4n) is 4.77. The maximum Gasteiger partial charge on any atom is 0.257 e. The lowest BCUT2D eigenvalue weighted by atomic mass is 9.86. The van der Waals surface area contributed by atoms with E-state index >= 15 is 0 Å². The number of anilines is 1. The molecule has 0 saturated heterocycles. The molecule has 1 aliphatic rings. The van der Waals surface area contributed by atoms with Gasteiger partial charge in [-0.15, -0.1) is 0 Å². The second kappa shape index (κ2) is 7.82. The van der Waals surface area contributed by atoms with Gasteiger partial charge < -0.3 is 11.1 Å². The third kappa shape index (κ3) is 3.70. The molecule has 0 bridgehead atoms. The first-order valence-corrected chi connectivity index (χ1v) is 10.6. The van der Waals surface area contributed by atoms with Crippen LogP contribution in [0.4, 0.5) is 5.69 Å². The maximum absolute atomic E-state index is 13.5. The zero-order chi connectivity index (χ0) is 22.3. The molecule has 3 aromatic rings. The van der Waals surface area contributed by atoms with E-state index in [1.807, 2.05) is 12.1 Å². The number of rotatable bonds is 4. The lowest BCUT2D eigenvalue weighted by Gasteiger charge is -2.20. The van der Waals surface area contributed by atoms with Gasteiger partial charge in [-0.1, -0.05) is 56.6 Å². The largest absolute Gasteiger partial charge is 0.366 e. The highest BCUT2D eigenvalue weighted by atomic mass is 35.5. The van der Waals surface area contributed by atoms with Crippen molar-refractivity contribution >= 4 is 29.1 Å².